The van der Waals surface area contributed by atoms with Crippen LogP contribution in [0.3, 0.4) is 0 Å². The van der Waals surface area contributed by atoms with Gasteiger partial charge in [0.05, 0.1) is 5.69 Å². The molecule has 0 saturated carbocycles. The lowest BCUT2D eigenvalue weighted by Gasteiger charge is -2.07. The SMILES string of the molecule is Cn1ccnc(Oc2cc(F)ccc2N)c1=O. The van der Waals surface area contributed by atoms with Crippen LogP contribution >= 0.6 is 0 Å². The zero-order valence-corrected chi connectivity index (χ0v) is 9.05. The molecule has 2 aromatic rings. The van der Waals surface area contributed by atoms with Gasteiger partial charge in [-0.1, -0.05) is 0 Å². The fourth-order valence-corrected chi connectivity index (χ4v) is 1.25. The van der Waals surface area contributed by atoms with Gasteiger partial charge in [0, 0.05) is 25.5 Å². The van der Waals surface area contributed by atoms with Crippen LogP contribution in [-0.4, -0.2) is 9.55 Å². The van der Waals surface area contributed by atoms with E-state index >= 15 is 0 Å². The lowest BCUT2D eigenvalue weighted by molar-refractivity contribution is 0.446. The second-order valence-electron chi connectivity index (χ2n) is 3.43. The van der Waals surface area contributed by atoms with Crippen molar-refractivity contribution in [2.45, 2.75) is 0 Å². The Morgan fingerprint density at radius 1 is 1.47 bits per heavy atom. The molecule has 88 valence electrons. The number of nitrogens with two attached hydrogens (primary N) is 1. The third kappa shape index (κ3) is 2.25. The number of aromatic nitrogens is 2. The number of nitrogen functional groups attached to an aromatic ring is 1. The molecule has 5 nitrogen and oxygen atoms in total. The normalized spacial score (nSPS) is 10.2. The maximum absolute atomic E-state index is 13.0. The van der Waals surface area contributed by atoms with Crippen molar-refractivity contribution >= 4 is 5.69 Å². The number of rotatable bonds is 2. The Bertz CT molecular complexity index is 610. The van der Waals surface area contributed by atoms with Crippen LogP contribution in [0.15, 0.2) is 35.4 Å². The van der Waals surface area contributed by atoms with E-state index in [1.807, 2.05) is 0 Å². The standard InChI is InChI=1S/C11H10FN3O2/c1-15-5-4-14-10(11(15)16)17-9-6-7(12)2-3-8(9)13/h2-6H,13H2,1H3. The molecule has 0 radical (unpaired) electrons. The van der Waals surface area contributed by atoms with Crippen molar-refractivity contribution in [3.63, 3.8) is 0 Å². The van der Waals surface area contributed by atoms with Crippen LogP contribution in [0.1, 0.15) is 0 Å². The van der Waals surface area contributed by atoms with Gasteiger partial charge in [-0.2, -0.15) is 0 Å². The Kier molecular flexibility index (Phi) is 2.78. The zero-order valence-electron chi connectivity index (χ0n) is 9.05. The van der Waals surface area contributed by atoms with Crippen molar-refractivity contribution in [2.24, 2.45) is 7.05 Å². The monoisotopic (exact) mass is 235 g/mol. The summed E-state index contributed by atoms with van der Waals surface area (Å²) in [5.74, 6) is -0.574. The first-order chi connectivity index (χ1) is 8.08. The van der Waals surface area contributed by atoms with E-state index in [2.05, 4.69) is 4.98 Å². The van der Waals surface area contributed by atoms with E-state index in [1.54, 1.807) is 7.05 Å². The molecule has 0 atom stereocenters. The molecule has 0 saturated heterocycles. The molecule has 0 aliphatic carbocycles. The Morgan fingerprint density at radius 2 is 2.24 bits per heavy atom. The van der Waals surface area contributed by atoms with E-state index in [-0.39, 0.29) is 17.3 Å². The Balaban J connectivity index is 2.41. The molecule has 0 aliphatic heterocycles. The third-order valence-corrected chi connectivity index (χ3v) is 2.17. The molecule has 6 heteroatoms. The number of nitrogens with zero attached hydrogens (tertiary/aromatic N) is 2. The first-order valence-electron chi connectivity index (χ1n) is 4.82. The first-order valence-corrected chi connectivity index (χ1v) is 4.82. The Hall–Kier alpha value is -2.37. The smallest absolute Gasteiger partial charge is 0.313 e. The number of hydrogen-bond donors (Lipinski definition) is 1. The van der Waals surface area contributed by atoms with Crippen LogP contribution in [0.5, 0.6) is 11.6 Å². The average Bonchev–Trinajstić information content (AvgIpc) is 2.30. The summed E-state index contributed by atoms with van der Waals surface area (Å²) in [5.41, 5.74) is 5.41. The summed E-state index contributed by atoms with van der Waals surface area (Å²) in [4.78, 5) is 15.4. The number of hydrogen-bond acceptors (Lipinski definition) is 4. The summed E-state index contributed by atoms with van der Waals surface area (Å²) in [6, 6.07) is 3.67. The highest BCUT2D eigenvalue weighted by atomic mass is 19.1. The summed E-state index contributed by atoms with van der Waals surface area (Å²) < 4.78 is 19.5. The van der Waals surface area contributed by atoms with E-state index in [4.69, 9.17) is 10.5 Å². The van der Waals surface area contributed by atoms with E-state index in [9.17, 15) is 9.18 Å². The highest BCUT2D eigenvalue weighted by molar-refractivity contribution is 5.53. The van der Waals surface area contributed by atoms with Crippen molar-refractivity contribution in [3.8, 4) is 11.6 Å². The summed E-state index contributed by atoms with van der Waals surface area (Å²) in [5, 5.41) is 0. The average molecular weight is 235 g/mol. The molecule has 0 fully saturated rings. The van der Waals surface area contributed by atoms with Crippen molar-refractivity contribution in [2.75, 3.05) is 5.73 Å². The van der Waals surface area contributed by atoms with Crippen LogP contribution in [0.2, 0.25) is 0 Å². The zero-order chi connectivity index (χ0) is 12.4. The molecule has 1 heterocycles. The Labute approximate surface area is 96.3 Å². The van der Waals surface area contributed by atoms with Gasteiger partial charge in [-0.15, -0.1) is 0 Å². The maximum atomic E-state index is 13.0. The van der Waals surface area contributed by atoms with Gasteiger partial charge in [0.15, 0.2) is 5.75 Å². The van der Waals surface area contributed by atoms with Gasteiger partial charge < -0.3 is 15.0 Å². The van der Waals surface area contributed by atoms with Crippen LogP contribution in [0.25, 0.3) is 0 Å². The molecule has 0 spiro atoms. The molecule has 1 aromatic carbocycles. The number of ether oxygens (including phenoxy) is 1. The van der Waals surface area contributed by atoms with Crippen molar-refractivity contribution < 1.29 is 9.13 Å². The largest absolute Gasteiger partial charge is 0.432 e. The fraction of sp³-hybridized carbons (Fsp3) is 0.0909. The molecule has 1 aromatic heterocycles. The minimum Gasteiger partial charge on any atom is -0.432 e. The highest BCUT2D eigenvalue weighted by Crippen LogP contribution is 2.25. The summed E-state index contributed by atoms with van der Waals surface area (Å²) in [6.45, 7) is 0. The lowest BCUT2D eigenvalue weighted by Crippen LogP contribution is -2.18. The van der Waals surface area contributed by atoms with Crippen LogP contribution in [0, 0.1) is 5.82 Å². The van der Waals surface area contributed by atoms with Crippen LogP contribution in [-0.2, 0) is 7.05 Å². The number of benzene rings is 1. The minimum atomic E-state index is -0.498. The number of anilines is 1. The highest BCUT2D eigenvalue weighted by Gasteiger charge is 2.08. The molecule has 2 N–H and O–H groups in total. The summed E-state index contributed by atoms with van der Waals surface area (Å²) in [6.07, 6.45) is 2.90. The van der Waals surface area contributed by atoms with E-state index in [1.165, 1.54) is 29.1 Å². The maximum Gasteiger partial charge on any atom is 0.313 e. The van der Waals surface area contributed by atoms with Crippen LogP contribution in [0.4, 0.5) is 10.1 Å². The van der Waals surface area contributed by atoms with Gasteiger partial charge in [-0.3, -0.25) is 4.79 Å². The molecular formula is C11H10FN3O2. The van der Waals surface area contributed by atoms with Gasteiger partial charge in [0.1, 0.15) is 5.82 Å². The van der Waals surface area contributed by atoms with E-state index < -0.39 is 11.4 Å². The van der Waals surface area contributed by atoms with Crippen molar-refractivity contribution in [1.29, 1.82) is 0 Å². The van der Waals surface area contributed by atoms with Crippen LogP contribution < -0.4 is 16.0 Å². The fourth-order valence-electron chi connectivity index (χ4n) is 1.25. The van der Waals surface area contributed by atoms with E-state index in [0.29, 0.717) is 0 Å². The predicted octanol–water partition coefficient (Wildman–Crippen LogP) is 1.29. The second-order valence-corrected chi connectivity index (χ2v) is 3.43. The minimum absolute atomic E-state index is 0.0702. The molecule has 0 bridgehead atoms. The molecule has 0 amide bonds. The lowest BCUT2D eigenvalue weighted by atomic mass is 10.3. The molecule has 17 heavy (non-hydrogen) atoms. The molecular weight excluding hydrogens is 225 g/mol. The molecule has 2 rings (SSSR count). The second kappa shape index (κ2) is 4.25. The van der Waals surface area contributed by atoms with Crippen molar-refractivity contribution in [3.05, 3.63) is 46.8 Å². The van der Waals surface area contributed by atoms with Gasteiger partial charge in [0.2, 0.25) is 0 Å². The quantitative estimate of drug-likeness (QED) is 0.796. The third-order valence-electron chi connectivity index (χ3n) is 2.17. The number of aryl methyl sites for hydroxylation is 1. The molecule has 0 aliphatic rings. The van der Waals surface area contributed by atoms with Gasteiger partial charge in [-0.25, -0.2) is 9.37 Å². The van der Waals surface area contributed by atoms with Gasteiger partial charge in [0.25, 0.3) is 5.88 Å². The van der Waals surface area contributed by atoms with Gasteiger partial charge in [-0.05, 0) is 12.1 Å². The van der Waals surface area contributed by atoms with Crippen molar-refractivity contribution in [1.82, 2.24) is 9.55 Å². The Morgan fingerprint density at radius 3 is 3.00 bits per heavy atom. The topological polar surface area (TPSA) is 70.1 Å². The first kappa shape index (κ1) is 11.1. The van der Waals surface area contributed by atoms with Gasteiger partial charge >= 0.3 is 5.56 Å². The summed E-state index contributed by atoms with van der Waals surface area (Å²) in [7, 11) is 1.56. The van der Waals surface area contributed by atoms with E-state index in [0.717, 1.165) is 6.07 Å². The summed E-state index contributed by atoms with van der Waals surface area (Å²) >= 11 is 0. The molecule has 0 unspecified atom stereocenters. The predicted molar refractivity (Wildman–Crippen MR) is 60.4 cm³/mol. The number of halogens is 1.